The maximum atomic E-state index is 13.3. The fourth-order valence-electron chi connectivity index (χ4n) is 1.34. The summed E-state index contributed by atoms with van der Waals surface area (Å²) in [5, 5.41) is -0.467. The Morgan fingerprint density at radius 2 is 1.82 bits per heavy atom. The second-order valence-electron chi connectivity index (χ2n) is 3.15. The minimum absolute atomic E-state index is 0.0935. The quantitative estimate of drug-likeness (QED) is 0.809. The number of nitrogens with one attached hydrogen (secondary N) is 1. The van der Waals surface area contributed by atoms with Gasteiger partial charge in [-0.2, -0.15) is 4.39 Å². The molecule has 1 aromatic carbocycles. The fourth-order valence-corrected chi connectivity index (χ4v) is 1.72. The van der Waals surface area contributed by atoms with Gasteiger partial charge in [-0.15, -0.1) is 0 Å². The van der Waals surface area contributed by atoms with Crippen LogP contribution in [0.5, 0.6) is 0 Å². The number of nitrogens with zero attached hydrogens (tertiary/aromatic N) is 1. The Balaban J connectivity index is 2.87. The van der Waals surface area contributed by atoms with Gasteiger partial charge in [0.05, 0.1) is 10.7 Å². The van der Waals surface area contributed by atoms with Crippen molar-refractivity contribution >= 4 is 23.2 Å². The predicted molar refractivity (Wildman–Crippen MR) is 62.6 cm³/mol. The molecule has 0 saturated heterocycles. The lowest BCUT2D eigenvalue weighted by Crippen LogP contribution is -2.35. The second-order valence-corrected chi connectivity index (χ2v) is 3.94. The standard InChI is InChI=1S/C10H5Cl2FN2O2/c11-5-3-1-2-4-6(5)15-9(16)7(13)8(12)14-10(15)17/h1-4H,(H,14,17). The Morgan fingerprint density at radius 3 is 2.47 bits per heavy atom. The zero-order chi connectivity index (χ0) is 12.6. The molecular weight excluding hydrogens is 270 g/mol. The van der Waals surface area contributed by atoms with Crippen molar-refractivity contribution < 1.29 is 4.39 Å². The minimum Gasteiger partial charge on any atom is -0.295 e. The van der Waals surface area contributed by atoms with E-state index in [2.05, 4.69) is 0 Å². The van der Waals surface area contributed by atoms with Gasteiger partial charge in [-0.1, -0.05) is 35.3 Å². The summed E-state index contributed by atoms with van der Waals surface area (Å²) >= 11 is 11.2. The van der Waals surface area contributed by atoms with Gasteiger partial charge in [0.15, 0.2) is 5.15 Å². The number of aromatic nitrogens is 2. The molecule has 1 heterocycles. The average Bonchev–Trinajstić information content (AvgIpc) is 2.29. The van der Waals surface area contributed by atoms with Crippen molar-refractivity contribution in [3.05, 3.63) is 61.1 Å². The van der Waals surface area contributed by atoms with Crippen LogP contribution in [0.15, 0.2) is 33.9 Å². The zero-order valence-electron chi connectivity index (χ0n) is 8.21. The predicted octanol–water partition coefficient (Wildman–Crippen LogP) is 1.97. The van der Waals surface area contributed by atoms with Crippen LogP contribution in [0.25, 0.3) is 5.69 Å². The number of H-pyrrole nitrogens is 1. The molecule has 0 bridgehead atoms. The van der Waals surface area contributed by atoms with E-state index in [1.807, 2.05) is 4.98 Å². The topological polar surface area (TPSA) is 54.9 Å². The Kier molecular flexibility index (Phi) is 3.04. The van der Waals surface area contributed by atoms with Crippen LogP contribution in [0.4, 0.5) is 4.39 Å². The van der Waals surface area contributed by atoms with Gasteiger partial charge in [-0.3, -0.25) is 9.78 Å². The maximum Gasteiger partial charge on any atom is 0.334 e. The van der Waals surface area contributed by atoms with Crippen LogP contribution < -0.4 is 11.2 Å². The first-order valence-electron chi connectivity index (χ1n) is 4.47. The lowest BCUT2D eigenvalue weighted by atomic mass is 10.3. The highest BCUT2D eigenvalue weighted by Gasteiger charge is 2.15. The molecule has 0 radical (unpaired) electrons. The van der Waals surface area contributed by atoms with E-state index >= 15 is 0 Å². The van der Waals surface area contributed by atoms with E-state index in [4.69, 9.17) is 23.2 Å². The molecule has 88 valence electrons. The van der Waals surface area contributed by atoms with E-state index in [1.165, 1.54) is 12.1 Å². The normalized spacial score (nSPS) is 10.5. The molecule has 0 spiro atoms. The molecule has 0 atom stereocenters. The van der Waals surface area contributed by atoms with Crippen LogP contribution in [-0.2, 0) is 0 Å². The third-order valence-corrected chi connectivity index (χ3v) is 2.68. The van der Waals surface area contributed by atoms with Crippen LogP contribution in [0.3, 0.4) is 0 Å². The molecule has 0 aliphatic carbocycles. The largest absolute Gasteiger partial charge is 0.334 e. The summed E-state index contributed by atoms with van der Waals surface area (Å²) in [7, 11) is 0. The molecular formula is C10H5Cl2FN2O2. The summed E-state index contributed by atoms with van der Waals surface area (Å²) in [5.74, 6) is -1.23. The van der Waals surface area contributed by atoms with Crippen LogP contribution in [0.2, 0.25) is 10.2 Å². The maximum absolute atomic E-state index is 13.3. The van der Waals surface area contributed by atoms with Crippen molar-refractivity contribution in [1.82, 2.24) is 9.55 Å². The molecule has 1 aromatic heterocycles. The number of hydrogen-bond acceptors (Lipinski definition) is 2. The number of halogens is 3. The molecule has 1 N–H and O–H groups in total. The van der Waals surface area contributed by atoms with Crippen LogP contribution in [0.1, 0.15) is 0 Å². The van der Waals surface area contributed by atoms with E-state index in [9.17, 15) is 14.0 Å². The monoisotopic (exact) mass is 274 g/mol. The van der Waals surface area contributed by atoms with Crippen molar-refractivity contribution in [1.29, 1.82) is 0 Å². The van der Waals surface area contributed by atoms with Gasteiger partial charge in [0, 0.05) is 0 Å². The second kappa shape index (κ2) is 4.35. The molecule has 4 nitrogen and oxygen atoms in total. The first-order chi connectivity index (χ1) is 8.02. The summed E-state index contributed by atoms with van der Waals surface area (Å²) in [4.78, 5) is 25.2. The molecule has 0 unspecified atom stereocenters. The molecule has 0 aliphatic heterocycles. The van der Waals surface area contributed by atoms with E-state index in [0.717, 1.165) is 0 Å². The Labute approximate surface area is 104 Å². The summed E-state index contributed by atoms with van der Waals surface area (Å²) in [5.41, 5.74) is -1.91. The molecule has 2 rings (SSSR count). The molecule has 0 amide bonds. The molecule has 7 heteroatoms. The number of benzene rings is 1. The van der Waals surface area contributed by atoms with Gasteiger partial charge in [0.2, 0.25) is 5.82 Å². The highest BCUT2D eigenvalue weighted by Crippen LogP contribution is 2.17. The number of aromatic amines is 1. The van der Waals surface area contributed by atoms with Crippen molar-refractivity contribution in [2.75, 3.05) is 0 Å². The molecule has 0 fully saturated rings. The Bertz CT molecular complexity index is 693. The van der Waals surface area contributed by atoms with E-state index in [1.54, 1.807) is 12.1 Å². The van der Waals surface area contributed by atoms with Crippen LogP contribution >= 0.6 is 23.2 Å². The van der Waals surface area contributed by atoms with Gasteiger partial charge in [0.25, 0.3) is 5.56 Å². The van der Waals surface area contributed by atoms with Crippen molar-refractivity contribution in [3.8, 4) is 5.69 Å². The number of hydrogen-bond donors (Lipinski definition) is 1. The summed E-state index contributed by atoms with van der Waals surface area (Å²) in [6, 6.07) is 6.10. The van der Waals surface area contributed by atoms with Gasteiger partial charge >= 0.3 is 5.69 Å². The molecule has 2 aromatic rings. The first-order valence-corrected chi connectivity index (χ1v) is 5.23. The molecule has 17 heavy (non-hydrogen) atoms. The lowest BCUT2D eigenvalue weighted by Gasteiger charge is -2.06. The van der Waals surface area contributed by atoms with Gasteiger partial charge in [-0.05, 0) is 12.1 Å². The minimum atomic E-state index is -1.23. The van der Waals surface area contributed by atoms with E-state index < -0.39 is 22.2 Å². The number of para-hydroxylation sites is 1. The average molecular weight is 275 g/mol. The molecule has 0 aliphatic rings. The SMILES string of the molecule is O=c1[nH]c(Cl)c(F)c(=O)n1-c1ccccc1Cl. The van der Waals surface area contributed by atoms with Gasteiger partial charge < -0.3 is 0 Å². The van der Waals surface area contributed by atoms with E-state index in [-0.39, 0.29) is 10.7 Å². The summed E-state index contributed by atoms with van der Waals surface area (Å²) in [6.45, 7) is 0. The van der Waals surface area contributed by atoms with Gasteiger partial charge in [0.1, 0.15) is 0 Å². The zero-order valence-corrected chi connectivity index (χ0v) is 9.72. The van der Waals surface area contributed by atoms with Crippen molar-refractivity contribution in [2.45, 2.75) is 0 Å². The Morgan fingerprint density at radius 1 is 1.18 bits per heavy atom. The van der Waals surface area contributed by atoms with E-state index in [0.29, 0.717) is 4.57 Å². The first kappa shape index (κ1) is 11.9. The van der Waals surface area contributed by atoms with Crippen LogP contribution in [-0.4, -0.2) is 9.55 Å². The molecule has 0 saturated carbocycles. The third-order valence-electron chi connectivity index (χ3n) is 2.10. The highest BCUT2D eigenvalue weighted by molar-refractivity contribution is 6.32. The van der Waals surface area contributed by atoms with Crippen molar-refractivity contribution in [3.63, 3.8) is 0 Å². The fraction of sp³-hybridized carbons (Fsp3) is 0. The van der Waals surface area contributed by atoms with Crippen LogP contribution in [0, 0.1) is 5.82 Å². The third kappa shape index (κ3) is 1.99. The number of rotatable bonds is 1. The van der Waals surface area contributed by atoms with Crippen molar-refractivity contribution in [2.24, 2.45) is 0 Å². The summed E-state index contributed by atoms with van der Waals surface area (Å²) < 4.78 is 13.9. The highest BCUT2D eigenvalue weighted by atomic mass is 35.5. The summed E-state index contributed by atoms with van der Waals surface area (Å²) in [6.07, 6.45) is 0. The van der Waals surface area contributed by atoms with Gasteiger partial charge in [-0.25, -0.2) is 9.36 Å². The smallest absolute Gasteiger partial charge is 0.295 e. The Hall–Kier alpha value is -1.59. The lowest BCUT2D eigenvalue weighted by molar-refractivity contribution is 0.584.